The first-order valence-corrected chi connectivity index (χ1v) is 6.87. The van der Waals surface area contributed by atoms with Crippen molar-refractivity contribution < 1.29 is 9.13 Å². The molecule has 0 aliphatic rings. The summed E-state index contributed by atoms with van der Waals surface area (Å²) >= 11 is 0. The number of rotatable bonds is 8. The fraction of sp³-hybridized carbons (Fsp3) is 0.400. The van der Waals surface area contributed by atoms with Gasteiger partial charge >= 0.3 is 0 Å². The number of hydrogen-bond donors (Lipinski definition) is 1. The Kier molecular flexibility index (Phi) is 5.55. The van der Waals surface area contributed by atoms with Gasteiger partial charge in [0.15, 0.2) is 11.6 Å². The summed E-state index contributed by atoms with van der Waals surface area (Å²) in [4.78, 5) is 3.94. The quantitative estimate of drug-likeness (QED) is 0.754. The van der Waals surface area contributed by atoms with Gasteiger partial charge in [-0.15, -0.1) is 0 Å². The van der Waals surface area contributed by atoms with Crippen LogP contribution in [-0.2, 0) is 13.1 Å². The van der Waals surface area contributed by atoms with Crippen molar-refractivity contribution in [3.05, 3.63) is 48.3 Å². The maximum Gasteiger partial charge on any atom is 0.165 e. The molecule has 0 saturated heterocycles. The summed E-state index contributed by atoms with van der Waals surface area (Å²) in [5, 5.41) is 3.24. The van der Waals surface area contributed by atoms with Crippen LogP contribution in [0.4, 0.5) is 4.39 Å². The molecule has 0 atom stereocenters. The molecule has 1 N–H and O–H groups in total. The first-order chi connectivity index (χ1) is 9.79. The van der Waals surface area contributed by atoms with Crippen LogP contribution in [0.3, 0.4) is 0 Å². The highest BCUT2D eigenvalue weighted by Crippen LogP contribution is 2.18. The third kappa shape index (κ3) is 4.35. The molecule has 5 heteroatoms. The van der Waals surface area contributed by atoms with Gasteiger partial charge < -0.3 is 14.6 Å². The lowest BCUT2D eigenvalue weighted by Gasteiger charge is -2.09. The Morgan fingerprint density at radius 1 is 1.40 bits per heavy atom. The van der Waals surface area contributed by atoms with Gasteiger partial charge in [0.2, 0.25) is 0 Å². The third-order valence-corrected chi connectivity index (χ3v) is 2.92. The molecule has 1 aromatic carbocycles. The molecule has 0 spiro atoms. The van der Waals surface area contributed by atoms with E-state index in [2.05, 4.69) is 17.2 Å². The molecule has 1 aromatic heterocycles. The zero-order valence-corrected chi connectivity index (χ0v) is 11.7. The second-order valence-corrected chi connectivity index (χ2v) is 4.59. The lowest BCUT2D eigenvalue weighted by molar-refractivity contribution is 0.284. The van der Waals surface area contributed by atoms with E-state index in [0.717, 1.165) is 18.5 Å². The Balaban J connectivity index is 1.82. The van der Waals surface area contributed by atoms with Crippen LogP contribution >= 0.6 is 0 Å². The summed E-state index contributed by atoms with van der Waals surface area (Å²) in [5.41, 5.74) is 0.929. The normalized spacial score (nSPS) is 10.7. The van der Waals surface area contributed by atoms with Crippen LogP contribution in [-0.4, -0.2) is 22.7 Å². The smallest absolute Gasteiger partial charge is 0.165 e. The monoisotopic (exact) mass is 277 g/mol. The fourth-order valence-corrected chi connectivity index (χ4v) is 1.86. The lowest BCUT2D eigenvalue weighted by atomic mass is 10.2. The average molecular weight is 277 g/mol. The van der Waals surface area contributed by atoms with Crippen molar-refractivity contribution in [2.24, 2.45) is 0 Å². The lowest BCUT2D eigenvalue weighted by Crippen LogP contribution is -2.14. The third-order valence-electron chi connectivity index (χ3n) is 2.92. The predicted molar refractivity (Wildman–Crippen MR) is 76.1 cm³/mol. The number of benzene rings is 1. The Bertz CT molecular complexity index is 514. The van der Waals surface area contributed by atoms with Gasteiger partial charge in [0.1, 0.15) is 6.61 Å². The highest BCUT2D eigenvalue weighted by Gasteiger charge is 2.04. The number of nitrogens with one attached hydrogen (secondary N) is 1. The molecule has 0 unspecified atom stereocenters. The fourth-order valence-electron chi connectivity index (χ4n) is 1.86. The van der Waals surface area contributed by atoms with Crippen LogP contribution in [0.2, 0.25) is 0 Å². The first-order valence-electron chi connectivity index (χ1n) is 6.87. The highest BCUT2D eigenvalue weighted by molar-refractivity contribution is 5.29. The van der Waals surface area contributed by atoms with Crippen molar-refractivity contribution in [1.82, 2.24) is 14.9 Å². The van der Waals surface area contributed by atoms with Crippen molar-refractivity contribution in [2.75, 3.05) is 13.2 Å². The minimum atomic E-state index is -0.313. The minimum Gasteiger partial charge on any atom is -0.489 e. The van der Waals surface area contributed by atoms with Gasteiger partial charge in [-0.25, -0.2) is 9.37 Å². The number of hydrogen-bond acceptors (Lipinski definition) is 3. The van der Waals surface area contributed by atoms with Crippen LogP contribution in [0.25, 0.3) is 0 Å². The van der Waals surface area contributed by atoms with Crippen molar-refractivity contribution in [1.29, 1.82) is 0 Å². The Labute approximate surface area is 118 Å². The van der Waals surface area contributed by atoms with Gasteiger partial charge in [-0.3, -0.25) is 0 Å². The molecule has 0 aliphatic heterocycles. The van der Waals surface area contributed by atoms with Gasteiger partial charge in [0, 0.05) is 18.9 Å². The summed E-state index contributed by atoms with van der Waals surface area (Å²) in [6.45, 7) is 4.79. The van der Waals surface area contributed by atoms with E-state index in [9.17, 15) is 4.39 Å². The second kappa shape index (κ2) is 7.65. The number of halogens is 1. The molecule has 0 bridgehead atoms. The van der Waals surface area contributed by atoms with Crippen molar-refractivity contribution >= 4 is 0 Å². The van der Waals surface area contributed by atoms with E-state index in [1.165, 1.54) is 6.07 Å². The maximum atomic E-state index is 13.9. The molecule has 1 heterocycles. The van der Waals surface area contributed by atoms with E-state index in [0.29, 0.717) is 25.4 Å². The zero-order chi connectivity index (χ0) is 14.2. The number of aromatic nitrogens is 2. The highest BCUT2D eigenvalue weighted by atomic mass is 19.1. The van der Waals surface area contributed by atoms with Gasteiger partial charge in [-0.1, -0.05) is 13.0 Å². The predicted octanol–water partition coefficient (Wildman–Crippen LogP) is 2.60. The standard InChI is InChI=1S/C15H20FN3O/c1-2-5-17-11-13-3-4-15(14(16)10-13)20-9-8-19-7-6-18-12-19/h3-4,6-7,10,12,17H,2,5,8-9,11H2,1H3. The molecule has 0 amide bonds. The molecule has 0 saturated carbocycles. The zero-order valence-electron chi connectivity index (χ0n) is 11.7. The average Bonchev–Trinajstić information content (AvgIpc) is 2.95. The van der Waals surface area contributed by atoms with E-state index < -0.39 is 0 Å². The summed E-state index contributed by atoms with van der Waals surface area (Å²) in [6.07, 6.45) is 6.33. The van der Waals surface area contributed by atoms with Crippen molar-refractivity contribution in [2.45, 2.75) is 26.4 Å². The van der Waals surface area contributed by atoms with Crippen LogP contribution in [0.5, 0.6) is 5.75 Å². The van der Waals surface area contributed by atoms with E-state index in [1.54, 1.807) is 18.6 Å². The topological polar surface area (TPSA) is 39.1 Å². The molecule has 0 radical (unpaired) electrons. The molecule has 0 aliphatic carbocycles. The van der Waals surface area contributed by atoms with Gasteiger partial charge in [-0.05, 0) is 30.7 Å². The summed E-state index contributed by atoms with van der Waals surface area (Å²) < 4.78 is 21.2. The molecule has 20 heavy (non-hydrogen) atoms. The molecule has 2 aromatic rings. The molecule has 2 rings (SSSR count). The van der Waals surface area contributed by atoms with Gasteiger partial charge in [0.25, 0.3) is 0 Å². The van der Waals surface area contributed by atoms with E-state index in [4.69, 9.17) is 4.74 Å². The maximum absolute atomic E-state index is 13.9. The van der Waals surface area contributed by atoms with Crippen molar-refractivity contribution in [3.8, 4) is 5.75 Å². The molecule has 4 nitrogen and oxygen atoms in total. The number of nitrogens with zero attached hydrogens (tertiary/aromatic N) is 2. The number of imidazole rings is 1. The van der Waals surface area contributed by atoms with Crippen molar-refractivity contribution in [3.63, 3.8) is 0 Å². The summed E-state index contributed by atoms with van der Waals surface area (Å²) in [7, 11) is 0. The van der Waals surface area contributed by atoms with Gasteiger partial charge in [0.05, 0.1) is 12.9 Å². The largest absolute Gasteiger partial charge is 0.489 e. The van der Waals surface area contributed by atoms with E-state index in [1.807, 2.05) is 16.8 Å². The van der Waals surface area contributed by atoms with Crippen LogP contribution in [0, 0.1) is 5.82 Å². The molecular weight excluding hydrogens is 257 g/mol. The molecular formula is C15H20FN3O. The van der Waals surface area contributed by atoms with Crippen LogP contribution in [0.1, 0.15) is 18.9 Å². The Morgan fingerprint density at radius 2 is 2.30 bits per heavy atom. The van der Waals surface area contributed by atoms with E-state index in [-0.39, 0.29) is 5.82 Å². The van der Waals surface area contributed by atoms with Gasteiger partial charge in [-0.2, -0.15) is 0 Å². The molecule has 0 fully saturated rings. The Morgan fingerprint density at radius 3 is 3.00 bits per heavy atom. The Hall–Kier alpha value is -1.88. The van der Waals surface area contributed by atoms with Crippen LogP contribution in [0.15, 0.2) is 36.9 Å². The molecule has 108 valence electrons. The first kappa shape index (κ1) is 14.5. The SMILES string of the molecule is CCCNCc1ccc(OCCn2ccnc2)c(F)c1. The number of ether oxygens (including phenoxy) is 1. The second-order valence-electron chi connectivity index (χ2n) is 4.59. The van der Waals surface area contributed by atoms with E-state index >= 15 is 0 Å². The summed E-state index contributed by atoms with van der Waals surface area (Å²) in [6, 6.07) is 5.10. The minimum absolute atomic E-state index is 0.296. The van der Waals surface area contributed by atoms with Crippen LogP contribution < -0.4 is 10.1 Å². The summed E-state index contributed by atoms with van der Waals surface area (Å²) in [5.74, 6) is -0.0178.